The van der Waals surface area contributed by atoms with E-state index in [0.29, 0.717) is 36.2 Å². The van der Waals surface area contributed by atoms with E-state index in [9.17, 15) is 5.11 Å². The molecule has 2 atom stereocenters. The van der Waals surface area contributed by atoms with Crippen LogP contribution in [0.5, 0.6) is 23.0 Å². The van der Waals surface area contributed by atoms with E-state index in [2.05, 4.69) is 0 Å². The molecule has 1 aliphatic heterocycles. The van der Waals surface area contributed by atoms with E-state index in [1.165, 1.54) is 0 Å². The Hall–Kier alpha value is -1.66. The van der Waals surface area contributed by atoms with Crippen LogP contribution in [0.2, 0.25) is 0 Å². The molecule has 1 heterocycles. The molecule has 1 aliphatic rings. The van der Waals surface area contributed by atoms with E-state index in [1.54, 1.807) is 33.5 Å². The van der Waals surface area contributed by atoms with Gasteiger partial charge in [-0.25, -0.2) is 0 Å². The number of benzene rings is 1. The van der Waals surface area contributed by atoms with Crippen LogP contribution < -0.4 is 18.9 Å². The Balaban J connectivity index is 2.05. The van der Waals surface area contributed by atoms with Crippen molar-refractivity contribution in [1.82, 2.24) is 0 Å². The lowest BCUT2D eigenvalue weighted by atomic mass is 10.0. The first-order chi connectivity index (χ1) is 10.2. The van der Waals surface area contributed by atoms with Crippen molar-refractivity contribution in [2.45, 2.75) is 12.5 Å². The molecule has 0 spiro atoms. The van der Waals surface area contributed by atoms with Crippen LogP contribution in [-0.2, 0) is 4.74 Å². The molecule has 0 saturated carbocycles. The topological polar surface area (TPSA) is 66.4 Å². The Labute approximate surface area is 124 Å². The third-order valence-electron chi connectivity index (χ3n) is 3.57. The van der Waals surface area contributed by atoms with Crippen LogP contribution in [0.15, 0.2) is 12.1 Å². The largest absolute Gasteiger partial charge is 0.493 e. The fourth-order valence-electron chi connectivity index (χ4n) is 2.31. The van der Waals surface area contributed by atoms with Crippen LogP contribution in [0.4, 0.5) is 0 Å². The molecule has 1 aromatic carbocycles. The maximum atomic E-state index is 10.1. The summed E-state index contributed by atoms with van der Waals surface area (Å²) in [4.78, 5) is 0. The highest BCUT2D eigenvalue weighted by Gasteiger charge is 2.24. The molecule has 1 aromatic rings. The molecule has 0 amide bonds. The Kier molecular flexibility index (Phi) is 5.52. The Morgan fingerprint density at radius 1 is 1.19 bits per heavy atom. The highest BCUT2D eigenvalue weighted by molar-refractivity contribution is 5.55. The number of methoxy groups -OCH3 is 3. The summed E-state index contributed by atoms with van der Waals surface area (Å²) >= 11 is 0. The normalized spacial score (nSPS) is 19.1. The molecule has 0 radical (unpaired) electrons. The van der Waals surface area contributed by atoms with Gasteiger partial charge in [-0.15, -0.1) is 0 Å². The molecule has 21 heavy (non-hydrogen) atoms. The van der Waals surface area contributed by atoms with E-state index < -0.39 is 6.10 Å². The van der Waals surface area contributed by atoms with Gasteiger partial charge < -0.3 is 28.8 Å². The van der Waals surface area contributed by atoms with Crippen molar-refractivity contribution in [3.05, 3.63) is 12.1 Å². The summed E-state index contributed by atoms with van der Waals surface area (Å²) in [5.41, 5.74) is 0. The lowest BCUT2D eigenvalue weighted by molar-refractivity contribution is 0.0497. The van der Waals surface area contributed by atoms with Crippen molar-refractivity contribution in [3.63, 3.8) is 0 Å². The smallest absolute Gasteiger partial charge is 0.203 e. The Morgan fingerprint density at radius 3 is 2.33 bits per heavy atom. The second-order valence-corrected chi connectivity index (χ2v) is 4.86. The molecule has 118 valence electrons. The first-order valence-corrected chi connectivity index (χ1v) is 6.88. The van der Waals surface area contributed by atoms with Gasteiger partial charge in [-0.05, 0) is 6.42 Å². The molecule has 1 N–H and O–H groups in total. The summed E-state index contributed by atoms with van der Waals surface area (Å²) in [6.07, 6.45) is 0.311. The monoisotopic (exact) mass is 298 g/mol. The van der Waals surface area contributed by atoms with E-state index in [-0.39, 0.29) is 12.5 Å². The summed E-state index contributed by atoms with van der Waals surface area (Å²) < 4.78 is 26.7. The van der Waals surface area contributed by atoms with Gasteiger partial charge in [0.1, 0.15) is 12.4 Å². The van der Waals surface area contributed by atoms with Crippen LogP contribution in [0.3, 0.4) is 0 Å². The molecule has 2 rings (SSSR count). The van der Waals surface area contributed by atoms with Gasteiger partial charge >= 0.3 is 0 Å². The molecule has 1 saturated heterocycles. The molecular weight excluding hydrogens is 276 g/mol. The van der Waals surface area contributed by atoms with E-state index in [4.69, 9.17) is 23.7 Å². The number of aliphatic hydroxyl groups is 1. The molecule has 0 aliphatic carbocycles. The van der Waals surface area contributed by atoms with Gasteiger partial charge in [0.05, 0.1) is 34.0 Å². The lowest BCUT2D eigenvalue weighted by Crippen LogP contribution is -2.27. The van der Waals surface area contributed by atoms with Gasteiger partial charge in [0.15, 0.2) is 11.5 Å². The Bertz CT molecular complexity index is 430. The van der Waals surface area contributed by atoms with E-state index >= 15 is 0 Å². The first kappa shape index (κ1) is 15.7. The van der Waals surface area contributed by atoms with Crippen LogP contribution in [0.1, 0.15) is 6.42 Å². The highest BCUT2D eigenvalue weighted by atomic mass is 16.5. The van der Waals surface area contributed by atoms with Crippen molar-refractivity contribution < 1.29 is 28.8 Å². The minimum atomic E-state index is -0.549. The van der Waals surface area contributed by atoms with E-state index in [1.807, 2.05) is 0 Å². The summed E-state index contributed by atoms with van der Waals surface area (Å²) in [5.74, 6) is 2.24. The third kappa shape index (κ3) is 3.71. The molecule has 2 unspecified atom stereocenters. The average Bonchev–Trinajstić information content (AvgIpc) is 3.05. The predicted molar refractivity (Wildman–Crippen MR) is 76.5 cm³/mol. The number of ether oxygens (including phenoxy) is 5. The van der Waals surface area contributed by atoms with Crippen molar-refractivity contribution in [3.8, 4) is 23.0 Å². The van der Waals surface area contributed by atoms with Crippen molar-refractivity contribution in [1.29, 1.82) is 0 Å². The first-order valence-electron chi connectivity index (χ1n) is 6.88. The summed E-state index contributed by atoms with van der Waals surface area (Å²) in [7, 11) is 4.64. The fourth-order valence-corrected chi connectivity index (χ4v) is 2.31. The maximum absolute atomic E-state index is 10.1. The lowest BCUT2D eigenvalue weighted by Gasteiger charge is -2.18. The van der Waals surface area contributed by atoms with Crippen LogP contribution in [0.25, 0.3) is 0 Å². The second-order valence-electron chi connectivity index (χ2n) is 4.86. The second kappa shape index (κ2) is 7.38. The van der Waals surface area contributed by atoms with Crippen LogP contribution in [-0.4, -0.2) is 52.4 Å². The molecule has 6 heteroatoms. The number of aliphatic hydroxyl groups excluding tert-OH is 1. The molecule has 6 nitrogen and oxygen atoms in total. The van der Waals surface area contributed by atoms with E-state index in [0.717, 1.165) is 6.42 Å². The highest BCUT2D eigenvalue weighted by Crippen LogP contribution is 2.40. The van der Waals surface area contributed by atoms with Crippen molar-refractivity contribution in [2.75, 3.05) is 41.2 Å². The van der Waals surface area contributed by atoms with Crippen molar-refractivity contribution >= 4 is 0 Å². The predicted octanol–water partition coefficient (Wildman–Crippen LogP) is 1.49. The van der Waals surface area contributed by atoms with Gasteiger partial charge in [0, 0.05) is 24.7 Å². The minimum Gasteiger partial charge on any atom is -0.493 e. The van der Waals surface area contributed by atoms with Crippen molar-refractivity contribution in [2.24, 2.45) is 5.92 Å². The zero-order chi connectivity index (χ0) is 15.2. The van der Waals surface area contributed by atoms with Gasteiger partial charge in [0.2, 0.25) is 5.75 Å². The quantitative estimate of drug-likeness (QED) is 0.822. The minimum absolute atomic E-state index is 0.132. The number of rotatable bonds is 7. The SMILES string of the molecule is COc1cc(OCC(O)C2CCOC2)cc(OC)c1OC. The zero-order valence-electron chi connectivity index (χ0n) is 12.6. The van der Waals surface area contributed by atoms with Crippen LogP contribution >= 0.6 is 0 Å². The Morgan fingerprint density at radius 2 is 1.86 bits per heavy atom. The average molecular weight is 298 g/mol. The van der Waals surface area contributed by atoms with Gasteiger partial charge in [-0.3, -0.25) is 0 Å². The molecule has 1 fully saturated rings. The summed E-state index contributed by atoms with van der Waals surface area (Å²) in [5, 5.41) is 10.1. The van der Waals surface area contributed by atoms with Gasteiger partial charge in [-0.2, -0.15) is 0 Å². The summed E-state index contributed by atoms with van der Waals surface area (Å²) in [6, 6.07) is 3.42. The fraction of sp³-hybridized carbons (Fsp3) is 0.600. The molecule has 0 aromatic heterocycles. The summed E-state index contributed by atoms with van der Waals surface area (Å²) in [6.45, 7) is 1.48. The third-order valence-corrected chi connectivity index (χ3v) is 3.57. The van der Waals surface area contributed by atoms with Gasteiger partial charge in [0.25, 0.3) is 0 Å². The molecule has 0 bridgehead atoms. The zero-order valence-corrected chi connectivity index (χ0v) is 12.6. The van der Waals surface area contributed by atoms with Crippen LogP contribution in [0, 0.1) is 5.92 Å². The number of hydrogen-bond donors (Lipinski definition) is 1. The van der Waals surface area contributed by atoms with Gasteiger partial charge in [-0.1, -0.05) is 0 Å². The maximum Gasteiger partial charge on any atom is 0.203 e. The molecular formula is C15H22O6. The standard InChI is InChI=1S/C15H22O6/c1-17-13-6-11(7-14(18-2)15(13)19-3)21-9-12(16)10-4-5-20-8-10/h6-7,10,12,16H,4-5,8-9H2,1-3H3. The number of hydrogen-bond acceptors (Lipinski definition) is 6.